The molecule has 0 bridgehead atoms. The SMILES string of the molecule is CN(C)CCCOc1ccc(-c2oc3ncnc(C(N)C4SCCS4)c3c2-c2ccccc2)cc1. The largest absolute Gasteiger partial charge is 0.494 e. The molecule has 1 unspecified atom stereocenters. The van der Waals surface area contributed by atoms with E-state index in [0.29, 0.717) is 12.3 Å². The third kappa shape index (κ3) is 5.35. The molecule has 8 heteroatoms. The van der Waals surface area contributed by atoms with Crippen LogP contribution >= 0.6 is 23.5 Å². The average Bonchev–Trinajstić information content (AvgIpc) is 3.55. The van der Waals surface area contributed by atoms with Crippen LogP contribution in [0.15, 0.2) is 65.3 Å². The molecule has 5 rings (SSSR count). The molecule has 0 amide bonds. The molecule has 4 aromatic rings. The Bertz CT molecular complexity index is 1260. The molecule has 1 atom stereocenters. The lowest BCUT2D eigenvalue weighted by atomic mass is 9.97. The lowest BCUT2D eigenvalue weighted by Crippen LogP contribution is -2.21. The summed E-state index contributed by atoms with van der Waals surface area (Å²) >= 11 is 3.80. The summed E-state index contributed by atoms with van der Waals surface area (Å²) in [6, 6.07) is 18.2. The van der Waals surface area contributed by atoms with Crippen LogP contribution in [0.25, 0.3) is 33.6 Å². The van der Waals surface area contributed by atoms with E-state index in [1.54, 1.807) is 6.33 Å². The normalized spacial score (nSPS) is 15.2. The molecule has 0 radical (unpaired) electrons. The topological polar surface area (TPSA) is 77.4 Å². The Balaban J connectivity index is 1.54. The number of nitrogens with two attached hydrogens (primary N) is 1. The van der Waals surface area contributed by atoms with Crippen molar-refractivity contribution in [3.8, 4) is 28.2 Å². The highest BCUT2D eigenvalue weighted by Gasteiger charge is 2.30. The summed E-state index contributed by atoms with van der Waals surface area (Å²) in [5.41, 5.74) is 11.2. The highest BCUT2D eigenvalue weighted by molar-refractivity contribution is 8.20. The molecule has 6 nitrogen and oxygen atoms in total. The molecule has 2 N–H and O–H groups in total. The van der Waals surface area contributed by atoms with Crippen molar-refractivity contribution in [2.45, 2.75) is 17.0 Å². The van der Waals surface area contributed by atoms with Crippen molar-refractivity contribution in [1.29, 1.82) is 0 Å². The number of thioether (sulfide) groups is 2. The number of rotatable bonds is 9. The lowest BCUT2D eigenvalue weighted by Gasteiger charge is -2.18. The van der Waals surface area contributed by atoms with Crippen molar-refractivity contribution in [3.63, 3.8) is 0 Å². The van der Waals surface area contributed by atoms with Gasteiger partial charge >= 0.3 is 0 Å². The molecular weight excluding hydrogens is 476 g/mol. The van der Waals surface area contributed by atoms with Crippen LogP contribution in [-0.4, -0.2) is 58.2 Å². The smallest absolute Gasteiger partial charge is 0.230 e. The Morgan fingerprint density at radius 1 is 1.03 bits per heavy atom. The first-order valence-electron chi connectivity index (χ1n) is 11.8. The van der Waals surface area contributed by atoms with Crippen molar-refractivity contribution >= 4 is 34.6 Å². The van der Waals surface area contributed by atoms with E-state index in [0.717, 1.165) is 63.8 Å². The van der Waals surface area contributed by atoms with Crippen molar-refractivity contribution in [2.75, 3.05) is 38.8 Å². The van der Waals surface area contributed by atoms with Crippen molar-refractivity contribution < 1.29 is 9.15 Å². The Hall–Kier alpha value is -2.52. The van der Waals surface area contributed by atoms with Gasteiger partial charge in [0.15, 0.2) is 0 Å². The molecule has 0 saturated carbocycles. The minimum atomic E-state index is -0.205. The highest BCUT2D eigenvalue weighted by Crippen LogP contribution is 2.45. The third-order valence-electron chi connectivity index (χ3n) is 5.97. The van der Waals surface area contributed by atoms with Crippen LogP contribution in [0.5, 0.6) is 5.75 Å². The van der Waals surface area contributed by atoms with Crippen molar-refractivity contribution in [3.05, 3.63) is 66.6 Å². The van der Waals surface area contributed by atoms with Gasteiger partial charge in [-0.25, -0.2) is 9.97 Å². The Morgan fingerprint density at radius 2 is 1.77 bits per heavy atom. The maximum atomic E-state index is 6.76. The van der Waals surface area contributed by atoms with Gasteiger partial charge in [0.05, 0.1) is 28.3 Å². The Morgan fingerprint density at radius 3 is 2.49 bits per heavy atom. The third-order valence-corrected chi connectivity index (χ3v) is 9.17. The summed E-state index contributed by atoms with van der Waals surface area (Å²) in [5.74, 6) is 3.85. The molecule has 35 heavy (non-hydrogen) atoms. The first-order valence-corrected chi connectivity index (χ1v) is 13.9. The molecule has 2 aromatic heterocycles. The van der Waals surface area contributed by atoms with Gasteiger partial charge in [-0.2, -0.15) is 0 Å². The van der Waals surface area contributed by atoms with Gasteiger partial charge in [-0.05, 0) is 50.3 Å². The molecule has 0 aliphatic carbocycles. The highest BCUT2D eigenvalue weighted by atomic mass is 32.2. The number of fused-ring (bicyclic) bond motifs is 1. The van der Waals surface area contributed by atoms with Crippen LogP contribution in [0.3, 0.4) is 0 Å². The number of furan rings is 1. The Kier molecular flexibility index (Phi) is 7.63. The summed E-state index contributed by atoms with van der Waals surface area (Å²) in [6.07, 6.45) is 2.55. The van der Waals surface area contributed by atoms with E-state index in [-0.39, 0.29) is 10.6 Å². The number of nitrogens with zero attached hydrogens (tertiary/aromatic N) is 3. The number of hydrogen-bond donors (Lipinski definition) is 1. The van der Waals surface area contributed by atoms with Gasteiger partial charge in [0, 0.05) is 29.2 Å². The summed E-state index contributed by atoms with van der Waals surface area (Å²) in [4.78, 5) is 11.3. The van der Waals surface area contributed by atoms with E-state index in [1.165, 1.54) is 0 Å². The van der Waals surface area contributed by atoms with Crippen LogP contribution < -0.4 is 10.5 Å². The van der Waals surface area contributed by atoms with Gasteiger partial charge in [0.25, 0.3) is 0 Å². The zero-order chi connectivity index (χ0) is 24.2. The number of benzene rings is 2. The summed E-state index contributed by atoms with van der Waals surface area (Å²) in [7, 11) is 4.14. The van der Waals surface area contributed by atoms with E-state index in [4.69, 9.17) is 14.9 Å². The fraction of sp³-hybridized carbons (Fsp3) is 0.333. The van der Waals surface area contributed by atoms with Gasteiger partial charge in [-0.1, -0.05) is 30.3 Å². The lowest BCUT2D eigenvalue weighted by molar-refractivity contribution is 0.281. The van der Waals surface area contributed by atoms with E-state index in [2.05, 4.69) is 41.1 Å². The minimum Gasteiger partial charge on any atom is -0.494 e. The summed E-state index contributed by atoms with van der Waals surface area (Å²) < 4.78 is 12.6. The molecule has 3 heterocycles. The quantitative estimate of drug-likeness (QED) is 0.290. The predicted octanol–water partition coefficient (Wildman–Crippen LogP) is 5.69. The molecule has 0 spiro atoms. The fourth-order valence-corrected chi connectivity index (χ4v) is 7.15. The van der Waals surface area contributed by atoms with Crippen molar-refractivity contribution in [1.82, 2.24) is 14.9 Å². The van der Waals surface area contributed by atoms with E-state index < -0.39 is 0 Å². The van der Waals surface area contributed by atoms with Gasteiger partial charge in [0.2, 0.25) is 5.71 Å². The number of aromatic nitrogens is 2. The van der Waals surface area contributed by atoms with Gasteiger partial charge < -0.3 is 19.8 Å². The van der Waals surface area contributed by atoms with Crippen LogP contribution in [0.1, 0.15) is 18.2 Å². The summed E-state index contributed by atoms with van der Waals surface area (Å²) in [6.45, 7) is 1.69. The van der Waals surface area contributed by atoms with Gasteiger partial charge in [-0.15, -0.1) is 23.5 Å². The predicted molar refractivity (Wildman–Crippen MR) is 147 cm³/mol. The zero-order valence-corrected chi connectivity index (χ0v) is 21.6. The van der Waals surface area contributed by atoms with E-state index in [1.807, 2.05) is 66.0 Å². The van der Waals surface area contributed by atoms with Crippen LogP contribution in [-0.2, 0) is 0 Å². The van der Waals surface area contributed by atoms with Crippen LogP contribution in [0, 0.1) is 0 Å². The second-order valence-electron chi connectivity index (χ2n) is 8.78. The monoisotopic (exact) mass is 506 g/mol. The van der Waals surface area contributed by atoms with Crippen LogP contribution in [0.4, 0.5) is 0 Å². The molecule has 1 fully saturated rings. The van der Waals surface area contributed by atoms with Crippen molar-refractivity contribution in [2.24, 2.45) is 5.73 Å². The first-order chi connectivity index (χ1) is 17.1. The second kappa shape index (κ2) is 11.0. The van der Waals surface area contributed by atoms with E-state index >= 15 is 0 Å². The zero-order valence-electron chi connectivity index (χ0n) is 20.0. The Labute approximate surface area is 214 Å². The summed E-state index contributed by atoms with van der Waals surface area (Å²) in [5, 5.41) is 0.901. The van der Waals surface area contributed by atoms with Gasteiger partial charge in [-0.3, -0.25) is 0 Å². The molecule has 1 aliphatic heterocycles. The first kappa shape index (κ1) is 24.2. The average molecular weight is 507 g/mol. The maximum absolute atomic E-state index is 6.76. The standard InChI is InChI=1S/C27H30N4O2S2/c1-31(2)13-6-14-32-20-11-9-19(10-12-20)25-21(18-7-4-3-5-8-18)22-24(29-17-30-26(22)33-25)23(28)27-34-15-16-35-27/h3-5,7-12,17,23,27H,6,13-16,28H2,1-2H3. The molecular formula is C27H30N4O2S2. The van der Waals surface area contributed by atoms with Crippen LogP contribution in [0.2, 0.25) is 0 Å². The number of ether oxygens (including phenoxy) is 1. The minimum absolute atomic E-state index is 0.205. The molecule has 182 valence electrons. The molecule has 1 aliphatic rings. The van der Waals surface area contributed by atoms with Gasteiger partial charge in [0.1, 0.15) is 17.8 Å². The molecule has 1 saturated heterocycles. The number of hydrogen-bond acceptors (Lipinski definition) is 8. The van der Waals surface area contributed by atoms with E-state index in [9.17, 15) is 0 Å². The maximum Gasteiger partial charge on any atom is 0.230 e. The molecule has 2 aromatic carbocycles. The fourth-order valence-electron chi connectivity index (χ4n) is 4.28. The second-order valence-corrected chi connectivity index (χ2v) is 11.6.